The average Bonchev–Trinajstić information content (AvgIpc) is 2.99. The van der Waals surface area contributed by atoms with Crippen LogP contribution in [-0.2, 0) is 0 Å². The van der Waals surface area contributed by atoms with E-state index in [9.17, 15) is 0 Å². The summed E-state index contributed by atoms with van der Waals surface area (Å²) in [5, 5.41) is 11.3. The van der Waals surface area contributed by atoms with Gasteiger partial charge in [0.25, 0.3) is 0 Å². The molecule has 0 saturated heterocycles. The summed E-state index contributed by atoms with van der Waals surface area (Å²) >= 11 is 3.27. The van der Waals surface area contributed by atoms with Gasteiger partial charge in [0.2, 0.25) is 0 Å². The molecule has 0 aliphatic heterocycles. The van der Waals surface area contributed by atoms with Crippen LogP contribution in [0.25, 0.3) is 20.6 Å². The van der Waals surface area contributed by atoms with Gasteiger partial charge in [0, 0.05) is 10.4 Å². The standard InChI is InChI=1S/C14H13N3S2/c1-8-4-6-11(7-5-8)12-16-17-14(19-12)13-15-9(2)10(3)18-13/h4-7H,1-3H3. The second-order valence-corrected chi connectivity index (χ2v) is 6.62. The molecule has 0 fully saturated rings. The Labute approximate surface area is 120 Å². The summed E-state index contributed by atoms with van der Waals surface area (Å²) in [6.45, 7) is 6.19. The van der Waals surface area contributed by atoms with E-state index in [0.717, 1.165) is 26.3 Å². The smallest absolute Gasteiger partial charge is 0.176 e. The number of hydrogen-bond acceptors (Lipinski definition) is 5. The van der Waals surface area contributed by atoms with E-state index in [1.807, 2.05) is 6.92 Å². The molecule has 5 heteroatoms. The van der Waals surface area contributed by atoms with Crippen LogP contribution < -0.4 is 0 Å². The van der Waals surface area contributed by atoms with Crippen molar-refractivity contribution < 1.29 is 0 Å². The maximum Gasteiger partial charge on any atom is 0.176 e. The number of benzene rings is 1. The Balaban J connectivity index is 1.97. The zero-order valence-electron chi connectivity index (χ0n) is 11.0. The van der Waals surface area contributed by atoms with Gasteiger partial charge in [-0.2, -0.15) is 0 Å². The van der Waals surface area contributed by atoms with Crippen molar-refractivity contribution in [3.63, 3.8) is 0 Å². The molecule has 3 nitrogen and oxygen atoms in total. The molecular formula is C14H13N3S2. The fourth-order valence-electron chi connectivity index (χ4n) is 1.69. The lowest BCUT2D eigenvalue weighted by molar-refractivity contribution is 1.09. The molecule has 3 rings (SSSR count). The molecule has 0 unspecified atom stereocenters. The molecule has 0 radical (unpaired) electrons. The molecule has 96 valence electrons. The van der Waals surface area contributed by atoms with Crippen LogP contribution in [0.5, 0.6) is 0 Å². The van der Waals surface area contributed by atoms with Gasteiger partial charge in [-0.25, -0.2) is 4.98 Å². The van der Waals surface area contributed by atoms with Gasteiger partial charge in [-0.3, -0.25) is 0 Å². The van der Waals surface area contributed by atoms with Crippen molar-refractivity contribution in [1.29, 1.82) is 0 Å². The Kier molecular flexibility index (Phi) is 3.16. The summed E-state index contributed by atoms with van der Waals surface area (Å²) in [6, 6.07) is 8.35. The molecule has 1 aromatic carbocycles. The predicted molar refractivity (Wildman–Crippen MR) is 80.7 cm³/mol. The van der Waals surface area contributed by atoms with Gasteiger partial charge in [0.15, 0.2) is 10.0 Å². The summed E-state index contributed by atoms with van der Waals surface area (Å²) in [7, 11) is 0. The van der Waals surface area contributed by atoms with E-state index < -0.39 is 0 Å². The van der Waals surface area contributed by atoms with E-state index in [1.165, 1.54) is 10.4 Å². The summed E-state index contributed by atoms with van der Waals surface area (Å²) in [4.78, 5) is 5.77. The third-order valence-electron chi connectivity index (χ3n) is 2.93. The summed E-state index contributed by atoms with van der Waals surface area (Å²) in [6.07, 6.45) is 0. The molecule has 0 spiro atoms. The minimum atomic E-state index is 0.900. The minimum Gasteiger partial charge on any atom is -0.238 e. The quantitative estimate of drug-likeness (QED) is 0.707. The Morgan fingerprint density at radius 2 is 1.47 bits per heavy atom. The van der Waals surface area contributed by atoms with Gasteiger partial charge >= 0.3 is 0 Å². The molecular weight excluding hydrogens is 274 g/mol. The first-order valence-corrected chi connectivity index (χ1v) is 7.62. The maximum atomic E-state index is 4.53. The Hall–Kier alpha value is -1.59. The van der Waals surface area contributed by atoms with Crippen molar-refractivity contribution in [2.75, 3.05) is 0 Å². The van der Waals surface area contributed by atoms with Crippen molar-refractivity contribution >= 4 is 22.7 Å². The van der Waals surface area contributed by atoms with Gasteiger partial charge < -0.3 is 0 Å². The van der Waals surface area contributed by atoms with E-state index in [-0.39, 0.29) is 0 Å². The number of nitrogens with zero attached hydrogens (tertiary/aromatic N) is 3. The van der Waals surface area contributed by atoms with E-state index in [4.69, 9.17) is 0 Å². The lowest BCUT2D eigenvalue weighted by Crippen LogP contribution is -1.78. The molecule has 0 bridgehead atoms. The monoisotopic (exact) mass is 287 g/mol. The van der Waals surface area contributed by atoms with Crippen LogP contribution in [0.3, 0.4) is 0 Å². The summed E-state index contributed by atoms with van der Waals surface area (Å²) in [5.74, 6) is 0. The van der Waals surface area contributed by atoms with Gasteiger partial charge in [-0.15, -0.1) is 21.5 Å². The molecule has 2 heterocycles. The van der Waals surface area contributed by atoms with Crippen LogP contribution in [-0.4, -0.2) is 15.2 Å². The molecule has 19 heavy (non-hydrogen) atoms. The van der Waals surface area contributed by atoms with Crippen molar-refractivity contribution in [2.24, 2.45) is 0 Å². The second kappa shape index (κ2) is 4.83. The number of aryl methyl sites for hydroxylation is 3. The van der Waals surface area contributed by atoms with Crippen LogP contribution in [0.15, 0.2) is 24.3 Å². The van der Waals surface area contributed by atoms with Crippen molar-refractivity contribution in [1.82, 2.24) is 15.2 Å². The number of thiazole rings is 1. The highest BCUT2D eigenvalue weighted by atomic mass is 32.1. The summed E-state index contributed by atoms with van der Waals surface area (Å²) < 4.78 is 0. The molecule has 0 aliphatic rings. The molecule has 0 N–H and O–H groups in total. The van der Waals surface area contributed by atoms with E-state index in [1.54, 1.807) is 22.7 Å². The first-order chi connectivity index (χ1) is 9.13. The first-order valence-electron chi connectivity index (χ1n) is 5.98. The fourth-order valence-corrected chi connectivity index (χ4v) is 3.46. The number of rotatable bonds is 2. The highest BCUT2D eigenvalue weighted by molar-refractivity contribution is 7.23. The Morgan fingerprint density at radius 3 is 2.11 bits per heavy atom. The van der Waals surface area contributed by atoms with Crippen LogP contribution in [0.4, 0.5) is 0 Å². The van der Waals surface area contributed by atoms with Gasteiger partial charge in [-0.1, -0.05) is 41.2 Å². The zero-order valence-corrected chi connectivity index (χ0v) is 12.6. The molecule has 0 aliphatic carbocycles. The topological polar surface area (TPSA) is 38.7 Å². The normalized spacial score (nSPS) is 10.9. The SMILES string of the molecule is Cc1ccc(-c2nnc(-c3nc(C)c(C)s3)s2)cc1. The van der Waals surface area contributed by atoms with Gasteiger partial charge in [-0.05, 0) is 20.8 Å². The van der Waals surface area contributed by atoms with Crippen LogP contribution >= 0.6 is 22.7 Å². The predicted octanol–water partition coefficient (Wildman–Crippen LogP) is 4.25. The molecule has 0 amide bonds. The minimum absolute atomic E-state index is 0.900. The van der Waals surface area contributed by atoms with E-state index >= 15 is 0 Å². The lowest BCUT2D eigenvalue weighted by atomic mass is 10.2. The third kappa shape index (κ3) is 2.43. The first kappa shape index (κ1) is 12.4. The van der Waals surface area contributed by atoms with Crippen molar-refractivity contribution in [3.05, 3.63) is 40.4 Å². The molecule has 3 aromatic rings. The molecule has 0 saturated carbocycles. The van der Waals surface area contributed by atoms with Crippen LogP contribution in [0.2, 0.25) is 0 Å². The van der Waals surface area contributed by atoms with E-state index in [2.05, 4.69) is 53.3 Å². The van der Waals surface area contributed by atoms with Gasteiger partial charge in [0.05, 0.1) is 5.69 Å². The van der Waals surface area contributed by atoms with Crippen molar-refractivity contribution in [3.8, 4) is 20.6 Å². The zero-order chi connectivity index (χ0) is 13.4. The van der Waals surface area contributed by atoms with Gasteiger partial charge in [0.1, 0.15) is 5.01 Å². The fraction of sp³-hybridized carbons (Fsp3) is 0.214. The van der Waals surface area contributed by atoms with Crippen LogP contribution in [0, 0.1) is 20.8 Å². The Morgan fingerprint density at radius 1 is 0.789 bits per heavy atom. The molecule has 2 aromatic heterocycles. The highest BCUT2D eigenvalue weighted by Gasteiger charge is 2.12. The van der Waals surface area contributed by atoms with Crippen LogP contribution in [0.1, 0.15) is 16.1 Å². The Bertz CT molecular complexity index is 691. The number of aromatic nitrogens is 3. The largest absolute Gasteiger partial charge is 0.238 e. The molecule has 0 atom stereocenters. The summed E-state index contributed by atoms with van der Waals surface area (Å²) in [5.41, 5.74) is 3.44. The second-order valence-electron chi connectivity index (χ2n) is 4.44. The number of hydrogen-bond donors (Lipinski definition) is 0. The van der Waals surface area contributed by atoms with Crippen molar-refractivity contribution in [2.45, 2.75) is 20.8 Å². The van der Waals surface area contributed by atoms with E-state index in [0.29, 0.717) is 0 Å². The average molecular weight is 287 g/mol. The third-order valence-corrected chi connectivity index (χ3v) is 5.12. The maximum absolute atomic E-state index is 4.53. The highest BCUT2D eigenvalue weighted by Crippen LogP contribution is 2.33. The lowest BCUT2D eigenvalue weighted by Gasteiger charge is -1.95.